The number of Topliss-reactive ketones (excluding diaryl/α,β-unsaturated/α-hetero) is 1. The highest BCUT2D eigenvalue weighted by Crippen LogP contribution is 2.27. The average Bonchev–Trinajstić information content (AvgIpc) is 3.18. The van der Waals surface area contributed by atoms with Crippen LogP contribution in [-0.4, -0.2) is 34.3 Å². The number of carbonyl (C=O) groups excluding carboxylic acids is 1. The van der Waals surface area contributed by atoms with E-state index in [9.17, 15) is 13.2 Å². The molecule has 0 saturated heterocycles. The van der Waals surface area contributed by atoms with Crippen molar-refractivity contribution in [3.05, 3.63) is 82.9 Å². The molecule has 0 N–H and O–H groups in total. The van der Waals surface area contributed by atoms with Crippen molar-refractivity contribution in [2.24, 2.45) is 0 Å². The van der Waals surface area contributed by atoms with E-state index in [1.54, 1.807) is 31.2 Å². The van der Waals surface area contributed by atoms with E-state index in [0.717, 1.165) is 46.0 Å². The third-order valence-electron chi connectivity index (χ3n) is 6.23. The molecule has 0 aliphatic heterocycles. The van der Waals surface area contributed by atoms with E-state index in [-0.39, 0.29) is 17.1 Å². The van der Waals surface area contributed by atoms with E-state index in [1.807, 2.05) is 20.0 Å². The maximum atomic E-state index is 12.6. The smallest absolute Gasteiger partial charge is 0.185 e. The number of carbonyl (C=O) groups is 1. The number of aromatic nitrogens is 3. The van der Waals surface area contributed by atoms with Gasteiger partial charge in [-0.15, -0.1) is 0 Å². The molecule has 2 aromatic carbocycles. The second-order valence-corrected chi connectivity index (χ2v) is 11.0. The number of benzene rings is 2. The van der Waals surface area contributed by atoms with Gasteiger partial charge in [0, 0.05) is 18.2 Å². The Morgan fingerprint density at radius 3 is 2.37 bits per heavy atom. The SMILES string of the molecule is CCc1nc2c(C)nc(C)cn2c1-c1ccc(CCCC(=O)CS(=O)(=O)c2ccccc2C)cc1. The third kappa shape index (κ3) is 5.35. The summed E-state index contributed by atoms with van der Waals surface area (Å²) in [7, 11) is -3.61. The van der Waals surface area contributed by atoms with Crippen LogP contribution >= 0.6 is 0 Å². The standard InChI is InChI=1S/C28H31N3O3S/c1-5-25-27(31-17-20(3)29-21(4)28(31)30-25)23-15-13-22(14-16-23)10-8-11-24(32)18-35(33,34)26-12-7-6-9-19(26)2/h6-7,9,12-17H,5,8,10-11,18H2,1-4H3. The van der Waals surface area contributed by atoms with Gasteiger partial charge in [-0.25, -0.2) is 13.4 Å². The van der Waals surface area contributed by atoms with Gasteiger partial charge in [0.1, 0.15) is 11.5 Å². The van der Waals surface area contributed by atoms with Gasteiger partial charge in [0.15, 0.2) is 15.5 Å². The molecule has 0 aliphatic carbocycles. The molecule has 7 heteroatoms. The molecule has 0 bridgehead atoms. The topological polar surface area (TPSA) is 81.4 Å². The lowest BCUT2D eigenvalue weighted by atomic mass is 10.0. The minimum atomic E-state index is -3.61. The second kappa shape index (κ2) is 10.1. The summed E-state index contributed by atoms with van der Waals surface area (Å²) in [6.45, 7) is 7.82. The van der Waals surface area contributed by atoms with Gasteiger partial charge in [0.05, 0.1) is 27.7 Å². The van der Waals surface area contributed by atoms with Crippen LogP contribution in [0.1, 0.15) is 48.0 Å². The van der Waals surface area contributed by atoms with E-state index >= 15 is 0 Å². The molecule has 6 nitrogen and oxygen atoms in total. The van der Waals surface area contributed by atoms with E-state index < -0.39 is 15.6 Å². The quantitative estimate of drug-likeness (QED) is 0.321. The fourth-order valence-corrected chi connectivity index (χ4v) is 6.10. The molecule has 0 aliphatic rings. The highest BCUT2D eigenvalue weighted by atomic mass is 32.2. The van der Waals surface area contributed by atoms with Crippen LogP contribution in [0.15, 0.2) is 59.6 Å². The van der Waals surface area contributed by atoms with Crippen LogP contribution in [0.2, 0.25) is 0 Å². The number of imidazole rings is 1. The first-order valence-electron chi connectivity index (χ1n) is 11.9. The molecule has 182 valence electrons. The number of rotatable bonds is 9. The predicted molar refractivity (Wildman–Crippen MR) is 138 cm³/mol. The van der Waals surface area contributed by atoms with Gasteiger partial charge in [-0.2, -0.15) is 0 Å². The number of sulfone groups is 1. The van der Waals surface area contributed by atoms with Crippen molar-refractivity contribution in [3.8, 4) is 11.3 Å². The lowest BCUT2D eigenvalue weighted by molar-refractivity contribution is -0.116. The minimum Gasteiger partial charge on any atom is -0.299 e. The van der Waals surface area contributed by atoms with Crippen LogP contribution in [0.3, 0.4) is 0 Å². The first-order chi connectivity index (χ1) is 16.7. The molecule has 2 heterocycles. The molecule has 0 atom stereocenters. The van der Waals surface area contributed by atoms with Gasteiger partial charge in [-0.1, -0.05) is 49.4 Å². The number of hydrogen-bond donors (Lipinski definition) is 0. The summed E-state index contributed by atoms with van der Waals surface area (Å²) in [4.78, 5) is 22.0. The van der Waals surface area contributed by atoms with Crippen molar-refractivity contribution in [2.45, 2.75) is 58.3 Å². The maximum Gasteiger partial charge on any atom is 0.185 e. The van der Waals surface area contributed by atoms with Gasteiger partial charge in [-0.05, 0) is 57.2 Å². The fraction of sp³-hybridized carbons (Fsp3) is 0.321. The number of aryl methyl sites for hydroxylation is 5. The van der Waals surface area contributed by atoms with Crippen molar-refractivity contribution < 1.29 is 13.2 Å². The first-order valence-corrected chi connectivity index (χ1v) is 13.6. The van der Waals surface area contributed by atoms with Crippen molar-refractivity contribution in [3.63, 3.8) is 0 Å². The lowest BCUT2D eigenvalue weighted by Crippen LogP contribution is -2.17. The summed E-state index contributed by atoms with van der Waals surface area (Å²) in [6, 6.07) is 15.1. The fourth-order valence-electron chi connectivity index (χ4n) is 4.53. The summed E-state index contributed by atoms with van der Waals surface area (Å²) in [5.74, 6) is -0.694. The Labute approximate surface area is 207 Å². The van der Waals surface area contributed by atoms with Crippen molar-refractivity contribution in [2.75, 3.05) is 5.75 Å². The van der Waals surface area contributed by atoms with E-state index in [0.29, 0.717) is 18.4 Å². The summed E-state index contributed by atoms with van der Waals surface area (Å²) < 4.78 is 27.3. The Bertz CT molecular complexity index is 1490. The van der Waals surface area contributed by atoms with E-state index in [1.165, 1.54) is 0 Å². The Hall–Kier alpha value is -3.32. The average molecular weight is 490 g/mol. The van der Waals surface area contributed by atoms with Crippen molar-refractivity contribution in [1.82, 2.24) is 14.4 Å². The lowest BCUT2D eigenvalue weighted by Gasteiger charge is -2.08. The van der Waals surface area contributed by atoms with Gasteiger partial charge in [0.2, 0.25) is 0 Å². The molecule has 0 amide bonds. The van der Waals surface area contributed by atoms with Gasteiger partial charge < -0.3 is 0 Å². The highest BCUT2D eigenvalue weighted by Gasteiger charge is 2.21. The van der Waals surface area contributed by atoms with Gasteiger partial charge >= 0.3 is 0 Å². The van der Waals surface area contributed by atoms with Crippen LogP contribution in [-0.2, 0) is 27.5 Å². The number of nitrogens with zero attached hydrogens (tertiary/aromatic N) is 3. The van der Waals surface area contributed by atoms with Crippen molar-refractivity contribution >= 4 is 21.3 Å². The predicted octanol–water partition coefficient (Wildman–Crippen LogP) is 5.25. The number of ketones is 1. The Morgan fingerprint density at radius 1 is 0.971 bits per heavy atom. The first kappa shape index (κ1) is 24.8. The summed E-state index contributed by atoms with van der Waals surface area (Å²) in [5.41, 5.74) is 7.73. The molecule has 35 heavy (non-hydrogen) atoms. The normalized spacial score (nSPS) is 11.8. The molecular formula is C28H31N3O3S. The van der Waals surface area contributed by atoms with Crippen LogP contribution in [0.4, 0.5) is 0 Å². The van der Waals surface area contributed by atoms with Crippen molar-refractivity contribution in [1.29, 1.82) is 0 Å². The Kier molecular flexibility index (Phi) is 7.17. The zero-order valence-corrected chi connectivity index (χ0v) is 21.5. The molecule has 4 rings (SSSR count). The Balaban J connectivity index is 1.42. The molecule has 0 fully saturated rings. The molecule has 0 saturated carbocycles. The summed E-state index contributed by atoms with van der Waals surface area (Å²) in [5, 5.41) is 0. The molecule has 2 aromatic heterocycles. The zero-order chi connectivity index (χ0) is 25.2. The van der Waals surface area contributed by atoms with Crippen LogP contribution in [0.25, 0.3) is 16.9 Å². The van der Waals surface area contributed by atoms with Crippen LogP contribution < -0.4 is 0 Å². The highest BCUT2D eigenvalue weighted by molar-refractivity contribution is 7.92. The number of fused-ring (bicyclic) bond motifs is 1. The van der Waals surface area contributed by atoms with E-state index in [2.05, 4.69) is 40.6 Å². The van der Waals surface area contributed by atoms with Crippen LogP contribution in [0.5, 0.6) is 0 Å². The number of hydrogen-bond acceptors (Lipinski definition) is 5. The maximum absolute atomic E-state index is 12.6. The summed E-state index contributed by atoms with van der Waals surface area (Å²) >= 11 is 0. The molecule has 0 unspecified atom stereocenters. The summed E-state index contributed by atoms with van der Waals surface area (Å²) in [6.07, 6.45) is 4.42. The molecule has 4 aromatic rings. The van der Waals surface area contributed by atoms with Gasteiger partial charge in [0.25, 0.3) is 0 Å². The van der Waals surface area contributed by atoms with Crippen LogP contribution in [0, 0.1) is 20.8 Å². The molecule has 0 radical (unpaired) electrons. The zero-order valence-electron chi connectivity index (χ0n) is 20.7. The molecule has 0 spiro atoms. The van der Waals surface area contributed by atoms with E-state index in [4.69, 9.17) is 4.98 Å². The second-order valence-electron chi connectivity index (χ2n) is 9.04. The largest absolute Gasteiger partial charge is 0.299 e. The molecular weight excluding hydrogens is 458 g/mol. The Morgan fingerprint density at radius 2 is 1.69 bits per heavy atom. The minimum absolute atomic E-state index is 0.240. The monoisotopic (exact) mass is 489 g/mol. The third-order valence-corrected chi connectivity index (χ3v) is 8.06. The van der Waals surface area contributed by atoms with Gasteiger partial charge in [-0.3, -0.25) is 14.2 Å².